The zero-order chi connectivity index (χ0) is 11.3. The van der Waals surface area contributed by atoms with Crippen LogP contribution in [0.5, 0.6) is 5.75 Å². The molecule has 0 heterocycles. The Labute approximate surface area is 90.1 Å². The van der Waals surface area contributed by atoms with Crippen molar-refractivity contribution in [3.05, 3.63) is 23.8 Å². The maximum absolute atomic E-state index is 9.84. The molecule has 0 fully saturated rings. The van der Waals surface area contributed by atoms with Gasteiger partial charge in [0.2, 0.25) is 0 Å². The fourth-order valence-electron chi connectivity index (χ4n) is 1.42. The Morgan fingerprint density at radius 2 is 2.27 bits per heavy atom. The number of aliphatic hydroxyl groups is 1. The van der Waals surface area contributed by atoms with Crippen LogP contribution in [-0.2, 0) is 0 Å². The van der Waals surface area contributed by atoms with Gasteiger partial charge < -0.3 is 20.9 Å². The molecule has 4 heteroatoms. The van der Waals surface area contributed by atoms with Gasteiger partial charge in [-0.05, 0) is 26.1 Å². The topological polar surface area (TPSA) is 67.5 Å². The minimum Gasteiger partial charge on any atom is -0.497 e. The van der Waals surface area contributed by atoms with Crippen LogP contribution in [0.4, 0.5) is 5.69 Å². The zero-order valence-corrected chi connectivity index (χ0v) is 9.16. The predicted molar refractivity (Wildman–Crippen MR) is 60.9 cm³/mol. The van der Waals surface area contributed by atoms with Gasteiger partial charge in [-0.25, -0.2) is 0 Å². The lowest BCUT2D eigenvalue weighted by atomic mass is 10.0. The number of aliphatic hydroxyl groups excluding tert-OH is 1. The van der Waals surface area contributed by atoms with Gasteiger partial charge in [0.25, 0.3) is 0 Å². The summed E-state index contributed by atoms with van der Waals surface area (Å²) in [7, 11) is 3.44. The second kappa shape index (κ2) is 5.58. The van der Waals surface area contributed by atoms with E-state index in [1.54, 1.807) is 25.3 Å². The molecule has 0 bridgehead atoms. The van der Waals surface area contributed by atoms with Crippen molar-refractivity contribution in [2.75, 3.05) is 26.4 Å². The molecule has 0 aliphatic rings. The van der Waals surface area contributed by atoms with Gasteiger partial charge in [0.15, 0.2) is 0 Å². The molecule has 4 nitrogen and oxygen atoms in total. The molecule has 0 aliphatic carbocycles. The molecule has 0 saturated carbocycles. The first-order chi connectivity index (χ1) is 7.19. The molecular weight excluding hydrogens is 192 g/mol. The normalized spacial score (nSPS) is 12.5. The first-order valence-corrected chi connectivity index (χ1v) is 4.95. The Balaban J connectivity index is 2.76. The highest BCUT2D eigenvalue weighted by Gasteiger charge is 2.10. The van der Waals surface area contributed by atoms with E-state index in [0.29, 0.717) is 17.9 Å². The third-order valence-corrected chi connectivity index (χ3v) is 2.32. The fourth-order valence-corrected chi connectivity index (χ4v) is 1.42. The molecule has 1 unspecified atom stereocenters. The van der Waals surface area contributed by atoms with Crippen molar-refractivity contribution >= 4 is 5.69 Å². The van der Waals surface area contributed by atoms with Crippen molar-refractivity contribution in [3.8, 4) is 5.75 Å². The van der Waals surface area contributed by atoms with Crippen LogP contribution in [-0.4, -0.2) is 25.8 Å². The average Bonchev–Trinajstić information content (AvgIpc) is 2.25. The maximum atomic E-state index is 9.84. The molecule has 0 amide bonds. The van der Waals surface area contributed by atoms with E-state index in [9.17, 15) is 5.11 Å². The van der Waals surface area contributed by atoms with Crippen LogP contribution in [0, 0.1) is 0 Å². The number of benzene rings is 1. The van der Waals surface area contributed by atoms with Crippen LogP contribution in [0.2, 0.25) is 0 Å². The third-order valence-electron chi connectivity index (χ3n) is 2.32. The number of methoxy groups -OCH3 is 1. The van der Waals surface area contributed by atoms with Gasteiger partial charge in [-0.1, -0.05) is 6.07 Å². The van der Waals surface area contributed by atoms with Crippen molar-refractivity contribution in [2.24, 2.45) is 0 Å². The van der Waals surface area contributed by atoms with E-state index >= 15 is 0 Å². The van der Waals surface area contributed by atoms with E-state index in [-0.39, 0.29) is 0 Å². The van der Waals surface area contributed by atoms with Gasteiger partial charge in [0.05, 0.1) is 13.2 Å². The first kappa shape index (κ1) is 11.8. The van der Waals surface area contributed by atoms with Crippen molar-refractivity contribution in [1.29, 1.82) is 0 Å². The number of hydrogen-bond donors (Lipinski definition) is 3. The summed E-state index contributed by atoms with van der Waals surface area (Å²) in [6.45, 7) is 0.757. The van der Waals surface area contributed by atoms with Crippen LogP contribution in [0.3, 0.4) is 0 Å². The van der Waals surface area contributed by atoms with Gasteiger partial charge in [-0.2, -0.15) is 0 Å². The number of hydrogen-bond acceptors (Lipinski definition) is 4. The Hall–Kier alpha value is -1.26. The van der Waals surface area contributed by atoms with Gasteiger partial charge in [0.1, 0.15) is 5.75 Å². The largest absolute Gasteiger partial charge is 0.497 e. The molecule has 0 spiro atoms. The quantitative estimate of drug-likeness (QED) is 0.632. The lowest BCUT2D eigenvalue weighted by Gasteiger charge is -2.14. The molecule has 0 saturated heterocycles. The number of nitrogens with one attached hydrogen (secondary N) is 1. The van der Waals surface area contributed by atoms with Gasteiger partial charge in [-0.3, -0.25) is 0 Å². The van der Waals surface area contributed by atoms with Crippen molar-refractivity contribution < 1.29 is 9.84 Å². The minimum absolute atomic E-state index is 0.525. The molecule has 1 aromatic carbocycles. The summed E-state index contributed by atoms with van der Waals surface area (Å²) in [5, 5.41) is 12.8. The Kier molecular flexibility index (Phi) is 4.39. The van der Waals surface area contributed by atoms with Gasteiger partial charge in [0, 0.05) is 17.3 Å². The smallest absolute Gasteiger partial charge is 0.120 e. The molecule has 1 atom stereocenters. The summed E-state index contributed by atoms with van der Waals surface area (Å²) in [6, 6.07) is 5.32. The highest BCUT2D eigenvalue weighted by molar-refractivity contribution is 5.52. The number of nitrogens with two attached hydrogens (primary N) is 1. The number of rotatable bonds is 5. The zero-order valence-electron chi connectivity index (χ0n) is 9.16. The lowest BCUT2D eigenvalue weighted by molar-refractivity contribution is 0.168. The van der Waals surface area contributed by atoms with E-state index < -0.39 is 6.10 Å². The van der Waals surface area contributed by atoms with Crippen LogP contribution >= 0.6 is 0 Å². The summed E-state index contributed by atoms with van der Waals surface area (Å²) < 4.78 is 5.04. The molecule has 0 aromatic heterocycles. The van der Waals surface area contributed by atoms with E-state index in [4.69, 9.17) is 10.5 Å². The van der Waals surface area contributed by atoms with Crippen molar-refractivity contribution in [1.82, 2.24) is 5.32 Å². The molecule has 15 heavy (non-hydrogen) atoms. The highest BCUT2D eigenvalue weighted by atomic mass is 16.5. The number of nitrogen functional groups attached to an aromatic ring is 1. The summed E-state index contributed by atoms with van der Waals surface area (Å²) in [5.41, 5.74) is 7.13. The van der Waals surface area contributed by atoms with E-state index in [2.05, 4.69) is 5.32 Å². The molecule has 1 rings (SSSR count). The summed E-state index contributed by atoms with van der Waals surface area (Å²) in [4.78, 5) is 0. The maximum Gasteiger partial charge on any atom is 0.120 e. The van der Waals surface area contributed by atoms with Gasteiger partial charge >= 0.3 is 0 Å². The van der Waals surface area contributed by atoms with E-state index in [0.717, 1.165) is 12.1 Å². The first-order valence-electron chi connectivity index (χ1n) is 4.95. The summed E-state index contributed by atoms with van der Waals surface area (Å²) >= 11 is 0. The van der Waals surface area contributed by atoms with Crippen molar-refractivity contribution in [3.63, 3.8) is 0 Å². The Morgan fingerprint density at radius 1 is 1.53 bits per heavy atom. The Bertz CT molecular complexity index is 315. The summed E-state index contributed by atoms with van der Waals surface area (Å²) in [6.07, 6.45) is 0.121. The molecule has 0 aliphatic heterocycles. The molecule has 1 aromatic rings. The number of ether oxygens (including phenoxy) is 1. The highest BCUT2D eigenvalue weighted by Crippen LogP contribution is 2.26. The molecule has 84 valence electrons. The minimum atomic E-state index is -0.525. The van der Waals surface area contributed by atoms with Crippen molar-refractivity contribution in [2.45, 2.75) is 12.5 Å². The standard InChI is InChI=1S/C11H18N2O2/c1-13-6-5-11(14)9-4-3-8(15-2)7-10(9)12/h3-4,7,11,13-14H,5-6,12H2,1-2H3. The van der Waals surface area contributed by atoms with Crippen LogP contribution < -0.4 is 15.8 Å². The average molecular weight is 210 g/mol. The lowest BCUT2D eigenvalue weighted by Crippen LogP contribution is -2.12. The van der Waals surface area contributed by atoms with E-state index in [1.165, 1.54) is 0 Å². The third kappa shape index (κ3) is 3.11. The second-order valence-electron chi connectivity index (χ2n) is 3.40. The Morgan fingerprint density at radius 3 is 2.80 bits per heavy atom. The monoisotopic (exact) mass is 210 g/mol. The van der Waals surface area contributed by atoms with Gasteiger partial charge in [-0.15, -0.1) is 0 Å². The SMILES string of the molecule is CNCCC(O)c1ccc(OC)cc1N. The molecule has 4 N–H and O–H groups in total. The van der Waals surface area contributed by atoms with Crippen LogP contribution in [0.15, 0.2) is 18.2 Å². The summed E-state index contributed by atoms with van der Waals surface area (Å²) in [5.74, 6) is 0.706. The molecular formula is C11H18N2O2. The van der Waals surface area contributed by atoms with E-state index in [1.807, 2.05) is 7.05 Å². The number of anilines is 1. The molecule has 0 radical (unpaired) electrons. The predicted octanol–water partition coefficient (Wildman–Crippen LogP) is 0.920. The van der Waals surface area contributed by atoms with Crippen LogP contribution in [0.25, 0.3) is 0 Å². The second-order valence-corrected chi connectivity index (χ2v) is 3.40. The fraction of sp³-hybridized carbons (Fsp3) is 0.455. The van der Waals surface area contributed by atoms with Crippen LogP contribution in [0.1, 0.15) is 18.1 Å².